The van der Waals surface area contributed by atoms with Gasteiger partial charge >= 0.3 is 0 Å². The lowest BCUT2D eigenvalue weighted by Gasteiger charge is -2.33. The second-order valence-electron chi connectivity index (χ2n) is 8.55. The van der Waals surface area contributed by atoms with Gasteiger partial charge in [0.2, 0.25) is 0 Å². The van der Waals surface area contributed by atoms with Crippen LogP contribution in [0.1, 0.15) is 38.4 Å². The van der Waals surface area contributed by atoms with Crippen LogP contribution in [-0.2, 0) is 4.79 Å². The number of ketones is 1. The predicted octanol–water partition coefficient (Wildman–Crippen LogP) is 3.04. The minimum absolute atomic E-state index is 0. The van der Waals surface area contributed by atoms with Gasteiger partial charge in [0.15, 0.2) is 0 Å². The fraction of sp³-hybridized carbons (Fsp3) is 0.269. The average molecular weight is 516 g/mol. The van der Waals surface area contributed by atoms with Crippen molar-refractivity contribution in [1.82, 2.24) is 0 Å². The number of halogens is 1. The Morgan fingerprint density at radius 3 is 1.52 bits per heavy atom. The van der Waals surface area contributed by atoms with Crippen LogP contribution in [0.3, 0.4) is 0 Å². The van der Waals surface area contributed by atoms with E-state index < -0.39 is 7.26 Å². The Morgan fingerprint density at radius 1 is 0.759 bits per heavy atom. The van der Waals surface area contributed by atoms with Crippen molar-refractivity contribution in [2.24, 2.45) is 5.41 Å². The Hall–Kier alpha value is -1.51. The van der Waals surface area contributed by atoms with Gasteiger partial charge in [0.1, 0.15) is 11.4 Å². The number of Topliss-reactive ketones (excluding diaryl/α,β-unsaturated/α-hetero) is 1. The quantitative estimate of drug-likeness (QED) is 0.364. The fourth-order valence-electron chi connectivity index (χ4n) is 3.74. The monoisotopic (exact) mass is 516 g/mol. The van der Waals surface area contributed by atoms with Gasteiger partial charge in [-0.05, 0) is 29.8 Å². The molecule has 152 valence electrons. The number of hydrogen-bond acceptors (Lipinski definition) is 1. The topological polar surface area (TPSA) is 17.1 Å². The molecular formula is C26H30IOP. The first kappa shape index (κ1) is 23.8. The summed E-state index contributed by atoms with van der Waals surface area (Å²) in [7, 11) is -1.85. The molecule has 1 unspecified atom stereocenters. The summed E-state index contributed by atoms with van der Waals surface area (Å²) in [6.07, 6.45) is 0.557. The number of carbonyl (C=O) groups excluding carboxylic acids is 1. The van der Waals surface area contributed by atoms with E-state index in [4.69, 9.17) is 0 Å². The first-order valence-corrected chi connectivity index (χ1v) is 12.2. The summed E-state index contributed by atoms with van der Waals surface area (Å²) in [5, 5.41) is 2.69. The van der Waals surface area contributed by atoms with E-state index in [1.165, 1.54) is 16.2 Å². The largest absolute Gasteiger partial charge is 1.00 e. The van der Waals surface area contributed by atoms with Gasteiger partial charge in [0.25, 0.3) is 0 Å². The Morgan fingerprint density at radius 2 is 1.14 bits per heavy atom. The molecule has 3 aromatic rings. The standard InChI is InChI=1S/C26H30OP.HI/c1-26(2,3)25(27)20-24(21-14-8-5-9-15-21)28(4,22-16-10-6-11-17-22)23-18-12-7-13-19-23;/h5-19,24H,20H2,1-4H3;1H/q+1;/p-1. The Balaban J connectivity index is 0.00000300. The van der Waals surface area contributed by atoms with Crippen LogP contribution in [0.15, 0.2) is 91.0 Å². The van der Waals surface area contributed by atoms with Gasteiger partial charge in [-0.2, -0.15) is 0 Å². The van der Waals surface area contributed by atoms with Gasteiger partial charge < -0.3 is 24.0 Å². The molecule has 0 N–H and O–H groups in total. The number of rotatable bonds is 6. The molecule has 0 aliphatic rings. The van der Waals surface area contributed by atoms with E-state index in [0.29, 0.717) is 12.2 Å². The van der Waals surface area contributed by atoms with Crippen molar-refractivity contribution in [3.8, 4) is 0 Å². The minimum atomic E-state index is -1.85. The summed E-state index contributed by atoms with van der Waals surface area (Å²) in [6.45, 7) is 8.47. The second kappa shape index (κ2) is 10.00. The molecular weight excluding hydrogens is 486 g/mol. The number of carbonyl (C=O) groups is 1. The van der Waals surface area contributed by atoms with E-state index in [1.807, 2.05) is 26.8 Å². The summed E-state index contributed by atoms with van der Waals surface area (Å²) in [5.74, 6) is 0.319. The third-order valence-corrected chi connectivity index (χ3v) is 10.1. The van der Waals surface area contributed by atoms with Crippen LogP contribution in [0.25, 0.3) is 0 Å². The summed E-state index contributed by atoms with van der Waals surface area (Å²) >= 11 is 0. The molecule has 0 aliphatic heterocycles. The molecule has 29 heavy (non-hydrogen) atoms. The Kier molecular flexibility index (Phi) is 8.19. The van der Waals surface area contributed by atoms with Crippen molar-refractivity contribution in [3.05, 3.63) is 96.6 Å². The van der Waals surface area contributed by atoms with Gasteiger partial charge in [-0.3, -0.25) is 4.79 Å². The number of benzene rings is 3. The fourth-order valence-corrected chi connectivity index (χ4v) is 7.64. The van der Waals surface area contributed by atoms with Crippen LogP contribution in [0, 0.1) is 5.41 Å². The highest BCUT2D eigenvalue weighted by molar-refractivity contribution is 7.89. The van der Waals surface area contributed by atoms with Crippen LogP contribution in [0.2, 0.25) is 0 Å². The first-order chi connectivity index (χ1) is 13.3. The van der Waals surface area contributed by atoms with Crippen LogP contribution < -0.4 is 34.6 Å². The van der Waals surface area contributed by atoms with Gasteiger partial charge in [-0.1, -0.05) is 87.5 Å². The van der Waals surface area contributed by atoms with E-state index in [1.54, 1.807) is 0 Å². The molecule has 3 rings (SSSR count). The maximum absolute atomic E-state index is 13.2. The van der Waals surface area contributed by atoms with Gasteiger partial charge in [0, 0.05) is 11.8 Å². The number of hydrogen-bond donors (Lipinski definition) is 0. The van der Waals surface area contributed by atoms with Crippen molar-refractivity contribution in [3.63, 3.8) is 0 Å². The van der Waals surface area contributed by atoms with Crippen molar-refractivity contribution < 1.29 is 28.8 Å². The Bertz CT molecular complexity index is 862. The zero-order valence-electron chi connectivity index (χ0n) is 17.7. The maximum atomic E-state index is 13.2. The van der Waals surface area contributed by atoms with E-state index in [2.05, 4.69) is 91.6 Å². The molecule has 0 heterocycles. The third-order valence-electron chi connectivity index (χ3n) is 5.61. The van der Waals surface area contributed by atoms with E-state index in [9.17, 15) is 4.79 Å². The van der Waals surface area contributed by atoms with Crippen LogP contribution >= 0.6 is 7.26 Å². The van der Waals surface area contributed by atoms with E-state index >= 15 is 0 Å². The zero-order chi connectivity index (χ0) is 20.2. The average Bonchev–Trinajstić information content (AvgIpc) is 2.72. The minimum Gasteiger partial charge on any atom is -1.00 e. The molecule has 1 nitrogen and oxygen atoms in total. The van der Waals surface area contributed by atoms with Crippen molar-refractivity contribution in [2.45, 2.75) is 32.9 Å². The molecule has 0 saturated carbocycles. The lowest BCUT2D eigenvalue weighted by atomic mass is 9.87. The SMILES string of the molecule is CC(C)(C)C(=O)CC(c1ccccc1)[P+](C)(c1ccccc1)c1ccccc1.[I-]. The lowest BCUT2D eigenvalue weighted by molar-refractivity contribution is -0.126. The first-order valence-electron chi connectivity index (χ1n) is 9.89. The second-order valence-corrected chi connectivity index (χ2v) is 12.4. The molecule has 0 bridgehead atoms. The zero-order valence-corrected chi connectivity index (χ0v) is 20.7. The summed E-state index contributed by atoms with van der Waals surface area (Å²) in [6, 6.07) is 32.1. The summed E-state index contributed by atoms with van der Waals surface area (Å²) in [5.41, 5.74) is 1.07. The predicted molar refractivity (Wildman–Crippen MR) is 123 cm³/mol. The highest BCUT2D eigenvalue weighted by Crippen LogP contribution is 2.66. The van der Waals surface area contributed by atoms with Gasteiger partial charge in [0.05, 0.1) is 24.5 Å². The maximum Gasteiger partial charge on any atom is 0.142 e. The molecule has 0 radical (unpaired) electrons. The third kappa shape index (κ3) is 5.35. The smallest absolute Gasteiger partial charge is 0.142 e. The summed E-state index contributed by atoms with van der Waals surface area (Å²) in [4.78, 5) is 13.2. The molecule has 1 atom stereocenters. The molecule has 0 saturated heterocycles. The summed E-state index contributed by atoms with van der Waals surface area (Å²) < 4.78 is 0. The highest BCUT2D eigenvalue weighted by Gasteiger charge is 2.48. The van der Waals surface area contributed by atoms with Gasteiger partial charge in [-0.25, -0.2) is 0 Å². The molecule has 0 amide bonds. The van der Waals surface area contributed by atoms with E-state index in [-0.39, 0.29) is 35.1 Å². The van der Waals surface area contributed by atoms with E-state index in [0.717, 1.165) is 0 Å². The van der Waals surface area contributed by atoms with Crippen LogP contribution in [0.4, 0.5) is 0 Å². The molecule has 3 aromatic carbocycles. The Labute approximate surface area is 193 Å². The van der Waals surface area contributed by atoms with Crippen molar-refractivity contribution >= 4 is 23.7 Å². The molecule has 3 heteroatoms. The van der Waals surface area contributed by atoms with Crippen molar-refractivity contribution in [2.75, 3.05) is 6.66 Å². The molecule has 0 spiro atoms. The van der Waals surface area contributed by atoms with Gasteiger partial charge in [-0.15, -0.1) is 0 Å². The molecule has 0 aromatic heterocycles. The highest BCUT2D eigenvalue weighted by atomic mass is 127. The normalized spacial score (nSPS) is 12.7. The van der Waals surface area contributed by atoms with Crippen molar-refractivity contribution in [1.29, 1.82) is 0 Å². The molecule has 0 aliphatic carbocycles. The van der Waals surface area contributed by atoms with Crippen LogP contribution in [0.5, 0.6) is 0 Å². The van der Waals surface area contributed by atoms with Crippen LogP contribution in [-0.4, -0.2) is 12.4 Å². The molecule has 0 fully saturated rings. The lowest BCUT2D eigenvalue weighted by Crippen LogP contribution is -3.00.